The van der Waals surface area contributed by atoms with Crippen LogP contribution in [0.4, 0.5) is 14.8 Å². The van der Waals surface area contributed by atoms with Gasteiger partial charge in [-0.25, -0.2) is 21.9 Å². The quantitative estimate of drug-likeness (QED) is 0.792. The molecule has 1 aliphatic rings. The minimum Gasteiger partial charge on any atom is -0.335 e. The number of nitrogens with zero attached hydrogens (tertiary/aromatic N) is 2. The van der Waals surface area contributed by atoms with E-state index in [2.05, 4.69) is 20.2 Å². The zero-order chi connectivity index (χ0) is 18.7. The Labute approximate surface area is 150 Å². The zero-order valence-corrected chi connectivity index (χ0v) is 15.0. The Kier molecular flexibility index (Phi) is 5.52. The Balaban J connectivity index is 1.54. The highest BCUT2D eigenvalue weighted by Crippen LogP contribution is 2.27. The van der Waals surface area contributed by atoms with Gasteiger partial charge in [-0.05, 0) is 43.7 Å². The normalized spacial score (nSPS) is 20.9. The van der Waals surface area contributed by atoms with Gasteiger partial charge >= 0.3 is 6.01 Å². The fraction of sp³-hybridized carbons (Fsp3) is 0.500. The molecule has 2 aromatic rings. The largest absolute Gasteiger partial charge is 0.335 e. The molecular weight excluding hydrogens is 366 g/mol. The topological polar surface area (TPSA) is 97.1 Å². The van der Waals surface area contributed by atoms with Crippen LogP contribution >= 0.6 is 0 Å². The summed E-state index contributed by atoms with van der Waals surface area (Å²) in [6, 6.07) is 3.37. The van der Waals surface area contributed by atoms with Gasteiger partial charge in [-0.1, -0.05) is 5.16 Å². The minimum atomic E-state index is -3.17. The number of hydrogen-bond acceptors (Lipinski definition) is 6. The lowest BCUT2D eigenvalue weighted by molar-refractivity contribution is 0.330. The van der Waals surface area contributed by atoms with E-state index < -0.39 is 21.7 Å². The third-order valence-corrected chi connectivity index (χ3v) is 5.05. The first-order valence-electron chi connectivity index (χ1n) is 8.30. The number of halogens is 2. The molecule has 0 aliphatic heterocycles. The van der Waals surface area contributed by atoms with Gasteiger partial charge in [0.2, 0.25) is 15.8 Å². The molecule has 1 aromatic heterocycles. The van der Waals surface area contributed by atoms with Crippen molar-refractivity contribution in [2.75, 3.05) is 18.1 Å². The summed E-state index contributed by atoms with van der Waals surface area (Å²) in [5.41, 5.74) is 0.204. The number of aromatic nitrogens is 2. The van der Waals surface area contributed by atoms with Crippen LogP contribution in [0, 0.1) is 17.6 Å². The zero-order valence-electron chi connectivity index (χ0n) is 14.2. The van der Waals surface area contributed by atoms with Gasteiger partial charge in [0, 0.05) is 24.2 Å². The van der Waals surface area contributed by atoms with E-state index in [1.54, 1.807) is 0 Å². The van der Waals surface area contributed by atoms with E-state index in [9.17, 15) is 17.2 Å². The van der Waals surface area contributed by atoms with Crippen LogP contribution in [0.25, 0.3) is 11.4 Å². The lowest BCUT2D eigenvalue weighted by Gasteiger charge is -2.28. The first-order chi connectivity index (χ1) is 12.3. The van der Waals surface area contributed by atoms with Gasteiger partial charge in [-0.2, -0.15) is 4.98 Å². The number of anilines is 1. The molecule has 3 rings (SSSR count). The molecule has 1 aliphatic carbocycles. The van der Waals surface area contributed by atoms with E-state index in [1.807, 2.05) is 0 Å². The second kappa shape index (κ2) is 7.67. The van der Waals surface area contributed by atoms with Crippen molar-refractivity contribution in [3.05, 3.63) is 29.8 Å². The molecular formula is C16H20F2N4O3S. The highest BCUT2D eigenvalue weighted by Gasteiger charge is 2.23. The Morgan fingerprint density at radius 2 is 1.81 bits per heavy atom. The molecule has 0 unspecified atom stereocenters. The summed E-state index contributed by atoms with van der Waals surface area (Å²) >= 11 is 0. The van der Waals surface area contributed by atoms with Crippen LogP contribution in [0.1, 0.15) is 25.7 Å². The maximum absolute atomic E-state index is 13.3. The van der Waals surface area contributed by atoms with Crippen LogP contribution in [-0.4, -0.2) is 37.4 Å². The molecule has 10 heteroatoms. The maximum atomic E-state index is 13.3. The van der Waals surface area contributed by atoms with Gasteiger partial charge in [0.05, 0.1) is 6.26 Å². The summed E-state index contributed by atoms with van der Waals surface area (Å²) in [7, 11) is -3.17. The van der Waals surface area contributed by atoms with Crippen molar-refractivity contribution < 1.29 is 21.7 Å². The molecule has 0 saturated heterocycles. The van der Waals surface area contributed by atoms with Gasteiger partial charge in [0.25, 0.3) is 0 Å². The van der Waals surface area contributed by atoms with Crippen LogP contribution in [0.15, 0.2) is 22.7 Å². The van der Waals surface area contributed by atoms with E-state index in [1.165, 1.54) is 0 Å². The van der Waals surface area contributed by atoms with E-state index in [-0.39, 0.29) is 23.4 Å². The average Bonchev–Trinajstić information content (AvgIpc) is 3.01. The average molecular weight is 386 g/mol. The Bertz CT molecular complexity index is 844. The summed E-state index contributed by atoms with van der Waals surface area (Å²) in [5, 5.41) is 6.87. The van der Waals surface area contributed by atoms with E-state index in [4.69, 9.17) is 4.52 Å². The second-order valence-electron chi connectivity index (χ2n) is 6.56. The molecule has 0 amide bonds. The standard InChI is InChI=1S/C16H20F2N4O3S/c1-26(23,24)19-9-10-2-4-14(5-3-10)20-16-21-15(22-25-16)11-6-12(17)8-13(18)7-11/h6-8,10,14,19H,2-5,9H2,1H3,(H,20,21,22)/t10-,14-. The fourth-order valence-electron chi connectivity index (χ4n) is 3.04. The molecule has 0 spiro atoms. The molecule has 0 bridgehead atoms. The maximum Gasteiger partial charge on any atom is 0.322 e. The van der Waals surface area contributed by atoms with E-state index in [0.29, 0.717) is 12.5 Å². The number of nitrogens with one attached hydrogen (secondary N) is 2. The molecule has 1 saturated carbocycles. The predicted molar refractivity (Wildman–Crippen MR) is 91.9 cm³/mol. The van der Waals surface area contributed by atoms with Gasteiger partial charge < -0.3 is 9.84 Å². The highest BCUT2D eigenvalue weighted by molar-refractivity contribution is 7.88. The van der Waals surface area contributed by atoms with Crippen LogP contribution < -0.4 is 10.0 Å². The van der Waals surface area contributed by atoms with Gasteiger partial charge in [-0.3, -0.25) is 0 Å². The Morgan fingerprint density at radius 1 is 1.15 bits per heavy atom. The Hall–Kier alpha value is -2.07. The van der Waals surface area contributed by atoms with Crippen LogP contribution in [0.5, 0.6) is 0 Å². The van der Waals surface area contributed by atoms with Crippen molar-refractivity contribution >= 4 is 16.0 Å². The van der Waals surface area contributed by atoms with Gasteiger partial charge in [-0.15, -0.1) is 0 Å². The van der Waals surface area contributed by atoms with E-state index in [0.717, 1.165) is 50.1 Å². The predicted octanol–water partition coefficient (Wildman–Crippen LogP) is 2.53. The summed E-state index contributed by atoms with van der Waals surface area (Å²) < 4.78 is 56.5. The lowest BCUT2D eigenvalue weighted by atomic mass is 9.86. The summed E-state index contributed by atoms with van der Waals surface area (Å²) in [6.45, 7) is 0.446. The van der Waals surface area contributed by atoms with Crippen molar-refractivity contribution in [3.63, 3.8) is 0 Å². The van der Waals surface area contributed by atoms with Crippen molar-refractivity contribution in [2.24, 2.45) is 5.92 Å². The van der Waals surface area contributed by atoms with Crippen molar-refractivity contribution in [1.82, 2.24) is 14.9 Å². The van der Waals surface area contributed by atoms with Crippen LogP contribution in [0.2, 0.25) is 0 Å². The molecule has 142 valence electrons. The summed E-state index contributed by atoms with van der Waals surface area (Å²) in [6.07, 6.45) is 4.56. The first kappa shape index (κ1) is 18.7. The Morgan fingerprint density at radius 3 is 2.42 bits per heavy atom. The SMILES string of the molecule is CS(=O)(=O)NC[C@H]1CC[C@H](Nc2nc(-c3cc(F)cc(F)c3)no2)CC1. The molecule has 1 aromatic carbocycles. The van der Waals surface area contributed by atoms with E-state index >= 15 is 0 Å². The molecule has 1 heterocycles. The van der Waals surface area contributed by atoms with Gasteiger partial charge in [0.1, 0.15) is 11.6 Å². The van der Waals surface area contributed by atoms with Crippen molar-refractivity contribution in [2.45, 2.75) is 31.7 Å². The second-order valence-corrected chi connectivity index (χ2v) is 8.40. The fourth-order valence-corrected chi connectivity index (χ4v) is 3.58. The first-order valence-corrected chi connectivity index (χ1v) is 10.2. The number of benzene rings is 1. The summed E-state index contributed by atoms with van der Waals surface area (Å²) in [5.74, 6) is -1.01. The monoisotopic (exact) mass is 386 g/mol. The minimum absolute atomic E-state index is 0.108. The van der Waals surface area contributed by atoms with Crippen molar-refractivity contribution in [3.8, 4) is 11.4 Å². The molecule has 0 radical (unpaired) electrons. The molecule has 1 fully saturated rings. The molecule has 2 N–H and O–H groups in total. The summed E-state index contributed by atoms with van der Waals surface area (Å²) in [4.78, 5) is 4.13. The third kappa shape index (κ3) is 5.21. The number of rotatable bonds is 6. The molecule has 0 atom stereocenters. The lowest BCUT2D eigenvalue weighted by Crippen LogP contribution is -2.33. The third-order valence-electron chi connectivity index (χ3n) is 4.36. The smallest absolute Gasteiger partial charge is 0.322 e. The number of hydrogen-bond donors (Lipinski definition) is 2. The number of sulfonamides is 1. The molecule has 7 nitrogen and oxygen atoms in total. The van der Waals surface area contributed by atoms with Gasteiger partial charge in [0.15, 0.2) is 0 Å². The van der Waals surface area contributed by atoms with Crippen LogP contribution in [-0.2, 0) is 10.0 Å². The highest BCUT2D eigenvalue weighted by atomic mass is 32.2. The van der Waals surface area contributed by atoms with Crippen molar-refractivity contribution in [1.29, 1.82) is 0 Å². The van der Waals surface area contributed by atoms with Crippen LogP contribution in [0.3, 0.4) is 0 Å². The molecule has 26 heavy (non-hydrogen) atoms.